The molecule has 1 heterocycles. The summed E-state index contributed by atoms with van der Waals surface area (Å²) in [6.07, 6.45) is 0.867. The van der Waals surface area contributed by atoms with Crippen molar-refractivity contribution in [3.63, 3.8) is 0 Å². The smallest absolute Gasteiger partial charge is 0.286 e. The van der Waals surface area contributed by atoms with Gasteiger partial charge in [-0.3, -0.25) is 9.08 Å². The van der Waals surface area contributed by atoms with Crippen LogP contribution in [0.15, 0.2) is 64.7 Å². The van der Waals surface area contributed by atoms with Crippen molar-refractivity contribution >= 4 is 38.8 Å². The van der Waals surface area contributed by atoms with Crippen LogP contribution >= 0.6 is 0 Å². The van der Waals surface area contributed by atoms with Crippen LogP contribution in [-0.4, -0.2) is 46.1 Å². The molecule has 0 unspecified atom stereocenters. The van der Waals surface area contributed by atoms with Gasteiger partial charge in [-0.05, 0) is 6.07 Å². The molecule has 0 spiro atoms. The van der Waals surface area contributed by atoms with Gasteiger partial charge in [-0.2, -0.15) is 13.4 Å². The molecule has 26 heavy (non-hydrogen) atoms. The molecule has 0 saturated carbocycles. The number of rotatable bonds is 5. The Hall–Kier alpha value is -2.84. The largest absolute Gasteiger partial charge is 0.325 e. The average molecular weight is 372 g/mol. The van der Waals surface area contributed by atoms with Gasteiger partial charge in [0.1, 0.15) is 5.69 Å². The van der Waals surface area contributed by atoms with Crippen molar-refractivity contribution in [3.05, 3.63) is 60.2 Å². The van der Waals surface area contributed by atoms with E-state index in [1.165, 1.54) is 0 Å². The molecule has 1 aliphatic heterocycles. The number of carbonyl (C=O) groups is 1. The van der Waals surface area contributed by atoms with Gasteiger partial charge >= 0.3 is 10.1 Å². The van der Waals surface area contributed by atoms with Crippen LogP contribution in [0.3, 0.4) is 0 Å². The Morgan fingerprint density at radius 3 is 2.27 bits per heavy atom. The molecule has 8 heteroatoms. The highest BCUT2D eigenvalue weighted by Gasteiger charge is 2.42. The lowest BCUT2D eigenvalue weighted by atomic mass is 10.1. The molecule has 0 radical (unpaired) electrons. The maximum Gasteiger partial charge on any atom is 0.325 e. The molecule has 0 amide bonds. The highest BCUT2D eigenvalue weighted by atomic mass is 32.2. The molecule has 2 aromatic carbocycles. The number of ketones is 1. The van der Waals surface area contributed by atoms with Gasteiger partial charge in [-0.25, -0.2) is 4.48 Å². The number of benzene rings is 2. The summed E-state index contributed by atoms with van der Waals surface area (Å²) in [6.45, 7) is 0. The number of quaternary nitrogens is 1. The first-order chi connectivity index (χ1) is 12.2. The Bertz CT molecular complexity index is 1030. The normalized spacial score (nSPS) is 16.0. The predicted octanol–water partition coefficient (Wildman–Crippen LogP) is 2.51. The van der Waals surface area contributed by atoms with Gasteiger partial charge in [-0.15, -0.1) is 0 Å². The minimum atomic E-state index is -3.87. The van der Waals surface area contributed by atoms with E-state index in [1.807, 2.05) is 38.4 Å². The fraction of sp³-hybridized carbons (Fsp3) is 0.167. The summed E-state index contributed by atoms with van der Waals surface area (Å²) in [5, 5.41) is 3.66. The second-order valence-corrected chi connectivity index (χ2v) is 7.85. The summed E-state index contributed by atoms with van der Waals surface area (Å²) in [5.41, 5.74) is 1.78. The summed E-state index contributed by atoms with van der Waals surface area (Å²) in [6, 6.07) is 15.9. The van der Waals surface area contributed by atoms with E-state index in [-0.39, 0.29) is 10.2 Å². The zero-order valence-electron chi connectivity index (χ0n) is 14.6. The zero-order valence-corrected chi connectivity index (χ0v) is 15.4. The molecule has 0 aromatic heterocycles. The molecular weight excluding hydrogens is 354 g/mol. The van der Waals surface area contributed by atoms with E-state index in [1.54, 1.807) is 30.3 Å². The van der Waals surface area contributed by atoms with E-state index in [2.05, 4.69) is 14.4 Å². The zero-order chi connectivity index (χ0) is 18.9. The van der Waals surface area contributed by atoms with Crippen LogP contribution in [0.2, 0.25) is 0 Å². The molecule has 1 aliphatic rings. The van der Waals surface area contributed by atoms with Crippen molar-refractivity contribution < 1.29 is 17.5 Å². The van der Waals surface area contributed by atoms with Crippen LogP contribution < -0.4 is 4.48 Å². The maximum absolute atomic E-state index is 13.0. The van der Waals surface area contributed by atoms with E-state index in [0.717, 1.165) is 11.9 Å². The van der Waals surface area contributed by atoms with Gasteiger partial charge in [0.15, 0.2) is 5.69 Å². The van der Waals surface area contributed by atoms with Crippen LogP contribution in [-0.2, 0) is 14.4 Å². The van der Waals surface area contributed by atoms with Crippen molar-refractivity contribution in [2.24, 2.45) is 10.1 Å². The van der Waals surface area contributed by atoms with E-state index >= 15 is 0 Å². The lowest BCUT2D eigenvalue weighted by molar-refractivity contribution is 0.106. The van der Waals surface area contributed by atoms with Crippen LogP contribution in [0.4, 0.5) is 11.4 Å². The van der Waals surface area contributed by atoms with Crippen LogP contribution in [0, 0.1) is 0 Å². The van der Waals surface area contributed by atoms with Gasteiger partial charge in [0.2, 0.25) is 11.5 Å². The van der Waals surface area contributed by atoms with E-state index < -0.39 is 15.9 Å². The number of Topliss-reactive ketones (excluding diaryl/α,β-unsaturated/α-hetero) is 1. The van der Waals surface area contributed by atoms with E-state index in [9.17, 15) is 13.2 Å². The number of amidine groups is 1. The first kappa shape index (κ1) is 18.0. The molecule has 2 aromatic rings. The fourth-order valence-electron chi connectivity index (χ4n) is 2.72. The maximum atomic E-state index is 13.0. The minimum Gasteiger partial charge on any atom is -0.286 e. The summed E-state index contributed by atoms with van der Waals surface area (Å²) in [5.74, 6) is -0.157. The lowest BCUT2D eigenvalue weighted by Gasteiger charge is -2.25. The number of nitrogens with zero attached hydrogens (tertiary/aromatic N) is 3. The first-order valence-corrected chi connectivity index (χ1v) is 9.61. The molecule has 0 atom stereocenters. The highest BCUT2D eigenvalue weighted by molar-refractivity contribution is 7.85. The van der Waals surface area contributed by atoms with Gasteiger partial charge in [0.25, 0.3) is 5.84 Å². The molecule has 134 valence electrons. The Morgan fingerprint density at radius 2 is 1.65 bits per heavy atom. The highest BCUT2D eigenvalue weighted by Crippen LogP contribution is 2.38. The second kappa shape index (κ2) is 6.47. The molecule has 0 bridgehead atoms. The fourth-order valence-corrected chi connectivity index (χ4v) is 2.93. The Kier molecular flexibility index (Phi) is 4.47. The average Bonchev–Trinajstić information content (AvgIpc) is 2.86. The number of hydrogen-bond donors (Lipinski definition) is 0. The van der Waals surface area contributed by atoms with E-state index in [0.29, 0.717) is 17.1 Å². The quantitative estimate of drug-likeness (QED) is 0.349. The third-order valence-electron chi connectivity index (χ3n) is 3.97. The molecule has 0 fully saturated rings. The van der Waals surface area contributed by atoms with Crippen LogP contribution in [0.25, 0.3) is 0 Å². The molecule has 0 saturated heterocycles. The number of hydrogen-bond acceptors (Lipinski definition) is 6. The summed E-state index contributed by atoms with van der Waals surface area (Å²) in [7, 11) is -0.179. The van der Waals surface area contributed by atoms with Gasteiger partial charge in [0.05, 0.1) is 20.4 Å². The van der Waals surface area contributed by atoms with Gasteiger partial charge in [-0.1, -0.05) is 47.6 Å². The van der Waals surface area contributed by atoms with Crippen LogP contribution in [0.1, 0.15) is 10.4 Å². The van der Waals surface area contributed by atoms with Crippen LogP contribution in [0.5, 0.6) is 0 Å². The number of carbonyl (C=O) groups excluding carboxylic acids is 1. The third kappa shape index (κ3) is 3.42. The van der Waals surface area contributed by atoms with Crippen molar-refractivity contribution in [3.8, 4) is 0 Å². The van der Waals surface area contributed by atoms with Crippen molar-refractivity contribution in [1.29, 1.82) is 0 Å². The summed E-state index contributed by atoms with van der Waals surface area (Å²) in [4.78, 5) is 17.5. The number of para-hydroxylation sites is 2. The Labute approximate surface area is 151 Å². The minimum absolute atomic E-state index is 0.140. The standard InChI is InChI=1S/C18H18N3O4S/c1-21(2)15-12-8-7-11-14(15)19-18(21)16(20-25-26(3,23)24)17(22)13-9-5-4-6-10-13/h4-12H,1-3H3/q+1/b20-16+. The monoisotopic (exact) mass is 372 g/mol. The van der Waals surface area contributed by atoms with Crippen molar-refractivity contribution in [2.45, 2.75) is 0 Å². The summed E-state index contributed by atoms with van der Waals surface area (Å²) < 4.78 is 27.5. The molecular formula is C18H18N3O4S+. The van der Waals surface area contributed by atoms with Gasteiger partial charge < -0.3 is 0 Å². The lowest BCUT2D eigenvalue weighted by Crippen LogP contribution is -2.50. The number of fused-ring (bicyclic) bond motifs is 1. The topological polar surface area (TPSA) is 85.2 Å². The van der Waals surface area contributed by atoms with Crippen molar-refractivity contribution in [2.75, 3.05) is 20.4 Å². The van der Waals surface area contributed by atoms with Crippen molar-refractivity contribution in [1.82, 2.24) is 4.48 Å². The molecule has 3 rings (SSSR count). The Morgan fingerprint density at radius 1 is 1.04 bits per heavy atom. The van der Waals surface area contributed by atoms with E-state index in [4.69, 9.17) is 0 Å². The second-order valence-electron chi connectivity index (χ2n) is 6.29. The SMILES string of the molecule is C[N+]1(C)C(/C(=N/OS(C)(=O)=O)C(=O)c2ccccc2)=Nc2ccccc21. The molecule has 7 nitrogen and oxygen atoms in total. The van der Waals surface area contributed by atoms with Gasteiger partial charge in [0, 0.05) is 11.6 Å². The molecule has 0 N–H and O–H groups in total. The number of aliphatic imine (C=N–C) groups is 1. The first-order valence-electron chi connectivity index (χ1n) is 7.80. The third-order valence-corrected chi connectivity index (χ3v) is 4.31. The molecule has 0 aliphatic carbocycles. The predicted molar refractivity (Wildman–Crippen MR) is 101 cm³/mol. The Balaban J connectivity index is 2.12. The number of oxime groups is 1. The summed E-state index contributed by atoms with van der Waals surface area (Å²) >= 11 is 0.